The highest BCUT2D eigenvalue weighted by molar-refractivity contribution is 5.69. The molecule has 1 saturated carbocycles. The largest absolute Gasteiger partial charge is 0.447 e. The van der Waals surface area contributed by atoms with Crippen molar-refractivity contribution in [1.82, 2.24) is 25.0 Å². The van der Waals surface area contributed by atoms with Crippen LogP contribution in [0.3, 0.4) is 0 Å². The second kappa shape index (κ2) is 12.2. The number of nitrogens with two attached hydrogens (primary N) is 1. The molecule has 2 N–H and O–H groups in total. The van der Waals surface area contributed by atoms with Crippen molar-refractivity contribution >= 4 is 6.09 Å². The predicted octanol–water partition coefficient (Wildman–Crippen LogP) is 5.13. The van der Waals surface area contributed by atoms with Crippen molar-refractivity contribution in [1.29, 1.82) is 0 Å². The number of rotatable bonds is 8. The van der Waals surface area contributed by atoms with Crippen LogP contribution in [0.1, 0.15) is 82.2 Å². The van der Waals surface area contributed by atoms with Gasteiger partial charge in [0, 0.05) is 30.3 Å². The van der Waals surface area contributed by atoms with Crippen LogP contribution in [0.5, 0.6) is 0 Å². The molecule has 3 aromatic rings. The van der Waals surface area contributed by atoms with Gasteiger partial charge >= 0.3 is 6.09 Å². The monoisotopic (exact) mass is 570 g/mol. The molecule has 5 unspecified atom stereocenters. The van der Waals surface area contributed by atoms with Crippen LogP contribution >= 0.6 is 0 Å². The highest BCUT2D eigenvalue weighted by atomic mass is 19.1. The minimum absolute atomic E-state index is 0.0301. The van der Waals surface area contributed by atoms with Crippen LogP contribution in [0.2, 0.25) is 0 Å². The van der Waals surface area contributed by atoms with E-state index in [1.165, 1.54) is 6.07 Å². The van der Waals surface area contributed by atoms with Gasteiger partial charge in [0.2, 0.25) is 5.82 Å². The van der Waals surface area contributed by atoms with E-state index in [2.05, 4.69) is 27.0 Å². The van der Waals surface area contributed by atoms with Crippen molar-refractivity contribution in [3.63, 3.8) is 0 Å². The Hall–Kier alpha value is -3.51. The van der Waals surface area contributed by atoms with Gasteiger partial charge in [-0.3, -0.25) is 0 Å². The maximum Gasteiger partial charge on any atom is 0.410 e. The summed E-state index contributed by atoms with van der Waals surface area (Å²) >= 11 is 0. The second-order valence-electron chi connectivity index (χ2n) is 11.3. The van der Waals surface area contributed by atoms with Crippen molar-refractivity contribution in [2.24, 2.45) is 11.7 Å². The van der Waals surface area contributed by atoms with E-state index in [9.17, 15) is 13.6 Å². The average molecular weight is 571 g/mol. The highest BCUT2D eigenvalue weighted by Crippen LogP contribution is 2.41. The Morgan fingerprint density at radius 3 is 2.54 bits per heavy atom. The molecule has 1 aliphatic carbocycles. The summed E-state index contributed by atoms with van der Waals surface area (Å²) in [6.45, 7) is 8.38. The van der Waals surface area contributed by atoms with Gasteiger partial charge in [0.25, 0.3) is 5.89 Å². The first-order chi connectivity index (χ1) is 19.6. The lowest BCUT2D eigenvalue weighted by atomic mass is 9.71. The minimum Gasteiger partial charge on any atom is -0.447 e. The SMILES string of the molecule is CC(C)OC(=O)N1CC(OC(C)c2nc(-c3cnc(C(C)C4CCC(c5cc(F)ccc5F)C(N)C4)nc3)no2)C1. The zero-order valence-corrected chi connectivity index (χ0v) is 23.7. The Balaban J connectivity index is 1.14. The van der Waals surface area contributed by atoms with E-state index in [-0.39, 0.29) is 42.1 Å². The third kappa shape index (κ3) is 6.54. The van der Waals surface area contributed by atoms with Gasteiger partial charge in [0.15, 0.2) is 0 Å². The molecular formula is C29H36F2N6O4. The number of amides is 1. The molecule has 2 aliphatic rings. The van der Waals surface area contributed by atoms with Gasteiger partial charge in [-0.25, -0.2) is 23.5 Å². The normalized spacial score (nSPS) is 22.8. The van der Waals surface area contributed by atoms with Gasteiger partial charge in [-0.15, -0.1) is 0 Å². The van der Waals surface area contributed by atoms with E-state index < -0.39 is 17.7 Å². The van der Waals surface area contributed by atoms with Gasteiger partial charge in [-0.1, -0.05) is 12.1 Å². The zero-order chi connectivity index (χ0) is 29.3. The number of carbonyl (C=O) groups excluding carboxylic acids is 1. The summed E-state index contributed by atoms with van der Waals surface area (Å²) in [5.74, 6) is 0.500. The molecule has 41 heavy (non-hydrogen) atoms. The smallest absolute Gasteiger partial charge is 0.410 e. The topological polar surface area (TPSA) is 129 Å². The van der Waals surface area contributed by atoms with Gasteiger partial charge in [-0.05, 0) is 69.7 Å². The maximum absolute atomic E-state index is 14.3. The molecule has 10 nitrogen and oxygen atoms in total. The van der Waals surface area contributed by atoms with Crippen LogP contribution in [0.25, 0.3) is 11.4 Å². The summed E-state index contributed by atoms with van der Waals surface area (Å²) in [6, 6.07) is 3.26. The third-order valence-corrected chi connectivity index (χ3v) is 7.97. The fraction of sp³-hybridized carbons (Fsp3) is 0.552. The Morgan fingerprint density at radius 2 is 1.85 bits per heavy atom. The lowest BCUT2D eigenvalue weighted by Gasteiger charge is -2.39. The van der Waals surface area contributed by atoms with Gasteiger partial charge in [-0.2, -0.15) is 4.98 Å². The molecule has 12 heteroatoms. The minimum atomic E-state index is -0.455. The molecule has 5 rings (SSSR count). The maximum atomic E-state index is 14.3. The van der Waals surface area contributed by atoms with Crippen LogP contribution in [0.4, 0.5) is 13.6 Å². The molecule has 0 radical (unpaired) electrons. The first kappa shape index (κ1) is 29.0. The molecule has 0 bridgehead atoms. The number of likely N-dealkylation sites (tertiary alicyclic amines) is 1. The Kier molecular flexibility index (Phi) is 8.60. The van der Waals surface area contributed by atoms with E-state index in [0.717, 1.165) is 18.6 Å². The molecular weight excluding hydrogens is 534 g/mol. The first-order valence-electron chi connectivity index (χ1n) is 14.1. The van der Waals surface area contributed by atoms with Crippen molar-refractivity contribution in [2.45, 2.75) is 83.1 Å². The quantitative estimate of drug-likeness (QED) is 0.392. The molecule has 2 fully saturated rings. The summed E-state index contributed by atoms with van der Waals surface area (Å²) in [7, 11) is 0. The average Bonchev–Trinajstić information content (AvgIpc) is 3.42. The van der Waals surface area contributed by atoms with E-state index in [1.54, 1.807) is 17.3 Å². The standard InChI is InChI=1S/C29H36F2N6O4/c1-15(2)39-29(38)37-13-21(14-37)40-17(4)28-35-27(36-41-28)19-11-33-26(34-12-19)16(3)18-5-7-22(25(32)9-18)23-10-20(30)6-8-24(23)31/h6,8,10-12,15-18,21-22,25H,5,7,9,13-14,32H2,1-4H3. The van der Waals surface area contributed by atoms with Crippen LogP contribution in [-0.2, 0) is 9.47 Å². The lowest BCUT2D eigenvalue weighted by Crippen LogP contribution is -2.55. The van der Waals surface area contributed by atoms with E-state index in [1.807, 2.05) is 20.8 Å². The molecule has 1 saturated heterocycles. The van der Waals surface area contributed by atoms with E-state index >= 15 is 0 Å². The van der Waals surface area contributed by atoms with Crippen LogP contribution in [0.15, 0.2) is 35.1 Å². The molecule has 3 heterocycles. The summed E-state index contributed by atoms with van der Waals surface area (Å²) < 4.78 is 44.6. The van der Waals surface area contributed by atoms with Crippen LogP contribution in [0, 0.1) is 17.6 Å². The Morgan fingerprint density at radius 1 is 1.12 bits per heavy atom. The summed E-state index contributed by atoms with van der Waals surface area (Å²) in [5, 5.41) is 4.05. The molecule has 1 aromatic carbocycles. The van der Waals surface area contributed by atoms with Crippen molar-refractivity contribution in [3.8, 4) is 11.4 Å². The van der Waals surface area contributed by atoms with Gasteiger partial charge in [0.1, 0.15) is 23.6 Å². The molecule has 2 aromatic heterocycles. The number of ether oxygens (including phenoxy) is 2. The van der Waals surface area contributed by atoms with Gasteiger partial charge < -0.3 is 24.6 Å². The summed E-state index contributed by atoms with van der Waals surface area (Å²) in [6.07, 6.45) is 4.36. The van der Waals surface area contributed by atoms with E-state index in [4.69, 9.17) is 19.7 Å². The number of hydrogen-bond acceptors (Lipinski definition) is 9. The Bertz CT molecular complexity index is 1350. The number of aromatic nitrogens is 4. The zero-order valence-electron chi connectivity index (χ0n) is 23.7. The second-order valence-corrected chi connectivity index (χ2v) is 11.3. The van der Waals surface area contributed by atoms with Crippen LogP contribution < -0.4 is 5.73 Å². The fourth-order valence-corrected chi connectivity index (χ4v) is 5.59. The number of nitrogens with zero attached hydrogens (tertiary/aromatic N) is 5. The third-order valence-electron chi connectivity index (χ3n) is 7.97. The highest BCUT2D eigenvalue weighted by Gasteiger charge is 2.36. The molecule has 1 amide bonds. The van der Waals surface area contributed by atoms with E-state index in [0.29, 0.717) is 54.6 Å². The van der Waals surface area contributed by atoms with Crippen molar-refractivity contribution in [2.75, 3.05) is 13.1 Å². The lowest BCUT2D eigenvalue weighted by molar-refractivity contribution is -0.0916. The first-order valence-corrected chi connectivity index (χ1v) is 14.1. The molecule has 220 valence electrons. The number of halogens is 2. The summed E-state index contributed by atoms with van der Waals surface area (Å²) in [5.41, 5.74) is 7.41. The number of benzene rings is 1. The molecule has 0 spiro atoms. The van der Waals surface area contributed by atoms with Crippen LogP contribution in [-0.4, -0.2) is 62.4 Å². The summed E-state index contributed by atoms with van der Waals surface area (Å²) in [4.78, 5) is 27.1. The Labute approximate surface area is 237 Å². The number of carbonyl (C=O) groups is 1. The fourth-order valence-electron chi connectivity index (χ4n) is 5.59. The van der Waals surface area contributed by atoms with Gasteiger partial charge in [0.05, 0.1) is 30.9 Å². The van der Waals surface area contributed by atoms with Crippen molar-refractivity contribution < 1.29 is 27.6 Å². The van der Waals surface area contributed by atoms with Crippen molar-refractivity contribution in [3.05, 3.63) is 59.5 Å². The number of hydrogen-bond donors (Lipinski definition) is 1. The predicted molar refractivity (Wildman–Crippen MR) is 145 cm³/mol. The molecule has 5 atom stereocenters. The molecule has 1 aliphatic heterocycles.